The standard InChI is InChI=1S/C18H16ClF3N6OS/c1-2-7-28-16(11-3-5-23-6-4-11)26-27-17(28)30-10-14(29)25-15-13(19)8-12(9-24-15)18(20,21)22/h3-6,8-9H,2,7,10H2,1H3,(H,24,25,29). The van der Waals surface area contributed by atoms with Crippen molar-refractivity contribution < 1.29 is 18.0 Å². The number of pyridine rings is 2. The SMILES string of the molecule is CCCn1c(SCC(=O)Nc2ncc(C(F)(F)F)cc2Cl)nnc1-c1ccncc1. The van der Waals surface area contributed by atoms with Crippen LogP contribution in [0.25, 0.3) is 11.4 Å². The normalized spacial score (nSPS) is 11.5. The molecule has 0 aliphatic heterocycles. The predicted molar refractivity (Wildman–Crippen MR) is 107 cm³/mol. The van der Waals surface area contributed by atoms with Crippen molar-refractivity contribution in [2.45, 2.75) is 31.2 Å². The fourth-order valence-electron chi connectivity index (χ4n) is 2.52. The molecule has 0 bridgehead atoms. The number of carbonyl (C=O) groups excluding carboxylic acids is 1. The van der Waals surface area contributed by atoms with Gasteiger partial charge in [0.2, 0.25) is 5.91 Å². The van der Waals surface area contributed by atoms with E-state index in [9.17, 15) is 18.0 Å². The third kappa shape index (κ3) is 5.28. The molecule has 1 N–H and O–H groups in total. The molecule has 0 aliphatic carbocycles. The smallest absolute Gasteiger partial charge is 0.309 e. The first-order valence-electron chi connectivity index (χ1n) is 8.78. The number of hydrogen-bond donors (Lipinski definition) is 1. The minimum absolute atomic E-state index is 0.0444. The first-order chi connectivity index (χ1) is 14.3. The Balaban J connectivity index is 1.69. The second-order valence-electron chi connectivity index (χ2n) is 6.08. The van der Waals surface area contributed by atoms with E-state index in [2.05, 4.69) is 25.5 Å². The van der Waals surface area contributed by atoms with Crippen molar-refractivity contribution in [2.75, 3.05) is 11.1 Å². The van der Waals surface area contributed by atoms with Gasteiger partial charge in [-0.15, -0.1) is 10.2 Å². The van der Waals surface area contributed by atoms with Crippen LogP contribution in [-0.4, -0.2) is 36.4 Å². The highest BCUT2D eigenvalue weighted by Gasteiger charge is 2.31. The Labute approximate surface area is 179 Å². The van der Waals surface area contributed by atoms with Crippen molar-refractivity contribution in [3.05, 3.63) is 47.4 Å². The quantitative estimate of drug-likeness (QED) is 0.525. The Morgan fingerprint density at radius 2 is 2.00 bits per heavy atom. The second kappa shape index (κ2) is 9.43. The van der Waals surface area contributed by atoms with E-state index < -0.39 is 17.6 Å². The molecule has 30 heavy (non-hydrogen) atoms. The topological polar surface area (TPSA) is 85.6 Å². The molecule has 0 fully saturated rings. The maximum absolute atomic E-state index is 12.7. The number of alkyl halides is 3. The summed E-state index contributed by atoms with van der Waals surface area (Å²) in [6.07, 6.45) is 0.197. The van der Waals surface area contributed by atoms with Gasteiger partial charge in [0, 0.05) is 30.7 Å². The van der Waals surface area contributed by atoms with Crippen molar-refractivity contribution in [3.63, 3.8) is 0 Å². The van der Waals surface area contributed by atoms with Gasteiger partial charge >= 0.3 is 6.18 Å². The number of halogens is 4. The Hall–Kier alpha value is -2.66. The van der Waals surface area contributed by atoms with E-state index in [1.54, 1.807) is 12.4 Å². The van der Waals surface area contributed by atoms with Crippen LogP contribution in [0.15, 0.2) is 41.9 Å². The Kier molecular flexibility index (Phi) is 6.93. The lowest BCUT2D eigenvalue weighted by Crippen LogP contribution is -2.16. The van der Waals surface area contributed by atoms with Crippen LogP contribution >= 0.6 is 23.4 Å². The molecule has 3 rings (SSSR count). The highest BCUT2D eigenvalue weighted by molar-refractivity contribution is 7.99. The van der Waals surface area contributed by atoms with E-state index in [0.717, 1.165) is 29.8 Å². The van der Waals surface area contributed by atoms with Crippen LogP contribution in [0.3, 0.4) is 0 Å². The van der Waals surface area contributed by atoms with Crippen molar-refractivity contribution in [1.29, 1.82) is 0 Å². The summed E-state index contributed by atoms with van der Waals surface area (Å²) < 4.78 is 40.0. The zero-order valence-corrected chi connectivity index (χ0v) is 17.2. The minimum atomic E-state index is -4.56. The molecular weight excluding hydrogens is 441 g/mol. The molecule has 1 amide bonds. The lowest BCUT2D eigenvalue weighted by atomic mass is 10.2. The molecule has 3 heterocycles. The van der Waals surface area contributed by atoms with Gasteiger partial charge in [-0.1, -0.05) is 30.3 Å². The zero-order valence-electron chi connectivity index (χ0n) is 15.6. The van der Waals surface area contributed by atoms with Crippen molar-refractivity contribution in [3.8, 4) is 11.4 Å². The van der Waals surface area contributed by atoms with Crippen LogP contribution in [0, 0.1) is 0 Å². The monoisotopic (exact) mass is 456 g/mol. The molecule has 0 saturated carbocycles. The maximum atomic E-state index is 12.7. The van der Waals surface area contributed by atoms with Gasteiger partial charge < -0.3 is 9.88 Å². The van der Waals surface area contributed by atoms with Gasteiger partial charge in [-0.05, 0) is 24.6 Å². The summed E-state index contributed by atoms with van der Waals surface area (Å²) in [6.45, 7) is 2.66. The molecule has 12 heteroatoms. The summed E-state index contributed by atoms with van der Waals surface area (Å²) in [7, 11) is 0. The highest BCUT2D eigenvalue weighted by Crippen LogP contribution is 2.32. The van der Waals surface area contributed by atoms with E-state index in [1.165, 1.54) is 0 Å². The number of thioether (sulfide) groups is 1. The third-order valence-electron chi connectivity index (χ3n) is 3.86. The molecule has 158 valence electrons. The molecule has 0 aromatic carbocycles. The second-order valence-corrected chi connectivity index (χ2v) is 7.43. The summed E-state index contributed by atoms with van der Waals surface area (Å²) >= 11 is 6.97. The number of aromatic nitrogens is 5. The van der Waals surface area contributed by atoms with Crippen molar-refractivity contribution in [2.24, 2.45) is 0 Å². The molecule has 0 unspecified atom stereocenters. The zero-order chi connectivity index (χ0) is 21.7. The van der Waals surface area contributed by atoms with Crippen LogP contribution in [0.1, 0.15) is 18.9 Å². The van der Waals surface area contributed by atoms with Gasteiger partial charge in [-0.25, -0.2) is 4.98 Å². The summed E-state index contributed by atoms with van der Waals surface area (Å²) in [5.74, 6) is 0.0000639. The largest absolute Gasteiger partial charge is 0.417 e. The van der Waals surface area contributed by atoms with Gasteiger partial charge in [-0.3, -0.25) is 9.78 Å². The van der Waals surface area contributed by atoms with Crippen LogP contribution in [0.2, 0.25) is 5.02 Å². The number of nitrogens with zero attached hydrogens (tertiary/aromatic N) is 5. The van der Waals surface area contributed by atoms with Crippen LogP contribution in [0.5, 0.6) is 0 Å². The molecule has 0 aliphatic rings. The Morgan fingerprint density at radius 3 is 2.63 bits per heavy atom. The van der Waals surface area contributed by atoms with Gasteiger partial charge in [0.05, 0.1) is 16.3 Å². The number of rotatable bonds is 7. The molecule has 0 saturated heterocycles. The average Bonchev–Trinajstić information content (AvgIpc) is 3.11. The Bertz CT molecular complexity index is 1030. The van der Waals surface area contributed by atoms with Crippen LogP contribution in [-0.2, 0) is 17.5 Å². The fraction of sp³-hybridized carbons (Fsp3) is 0.278. The number of anilines is 1. The molecular formula is C18H16ClF3N6OS. The highest BCUT2D eigenvalue weighted by atomic mass is 35.5. The molecule has 3 aromatic rings. The van der Waals surface area contributed by atoms with Gasteiger partial charge in [0.25, 0.3) is 0 Å². The summed E-state index contributed by atoms with van der Waals surface area (Å²) in [4.78, 5) is 19.8. The van der Waals surface area contributed by atoms with Crippen LogP contribution < -0.4 is 5.32 Å². The number of amides is 1. The molecule has 3 aromatic heterocycles. The molecule has 7 nitrogen and oxygen atoms in total. The number of nitrogens with one attached hydrogen (secondary N) is 1. The van der Waals surface area contributed by atoms with E-state index in [4.69, 9.17) is 11.6 Å². The van der Waals surface area contributed by atoms with E-state index in [-0.39, 0.29) is 16.6 Å². The fourth-order valence-corrected chi connectivity index (χ4v) is 3.50. The summed E-state index contributed by atoms with van der Waals surface area (Å²) in [5.41, 5.74) is -0.140. The maximum Gasteiger partial charge on any atom is 0.417 e. The molecule has 0 atom stereocenters. The van der Waals surface area contributed by atoms with Crippen molar-refractivity contribution >= 4 is 35.1 Å². The lowest BCUT2D eigenvalue weighted by Gasteiger charge is -2.10. The summed E-state index contributed by atoms with van der Waals surface area (Å²) in [5, 5.41) is 11.0. The Morgan fingerprint density at radius 1 is 1.27 bits per heavy atom. The lowest BCUT2D eigenvalue weighted by molar-refractivity contribution is -0.137. The van der Waals surface area contributed by atoms with E-state index in [0.29, 0.717) is 23.7 Å². The van der Waals surface area contributed by atoms with E-state index in [1.807, 2.05) is 23.6 Å². The number of hydrogen-bond acceptors (Lipinski definition) is 6. The van der Waals surface area contributed by atoms with Gasteiger partial charge in [-0.2, -0.15) is 13.2 Å². The molecule has 0 spiro atoms. The van der Waals surface area contributed by atoms with Gasteiger partial charge in [0.1, 0.15) is 0 Å². The molecule has 0 radical (unpaired) electrons. The summed E-state index contributed by atoms with van der Waals surface area (Å²) in [6, 6.07) is 4.35. The average molecular weight is 457 g/mol. The number of carbonyl (C=O) groups is 1. The van der Waals surface area contributed by atoms with E-state index >= 15 is 0 Å². The third-order valence-corrected chi connectivity index (χ3v) is 5.12. The minimum Gasteiger partial charge on any atom is -0.309 e. The van der Waals surface area contributed by atoms with Crippen LogP contribution in [0.4, 0.5) is 19.0 Å². The van der Waals surface area contributed by atoms with Crippen molar-refractivity contribution in [1.82, 2.24) is 24.7 Å². The first kappa shape index (κ1) is 22.0. The predicted octanol–water partition coefficient (Wildman–Crippen LogP) is 4.55. The first-order valence-corrected chi connectivity index (χ1v) is 10.1. The van der Waals surface area contributed by atoms with Gasteiger partial charge in [0.15, 0.2) is 16.8 Å².